The fourth-order valence-electron chi connectivity index (χ4n) is 1.50. The maximum Gasteiger partial charge on any atom is 0.406 e. The highest BCUT2D eigenvalue weighted by atomic mass is 19.4. The predicted molar refractivity (Wildman–Crippen MR) is 60.8 cm³/mol. The van der Waals surface area contributed by atoms with Crippen LogP contribution in [-0.4, -0.2) is 46.8 Å². The number of carbonyl (C=O) groups is 1. The highest BCUT2D eigenvalue weighted by Crippen LogP contribution is 2.17. The van der Waals surface area contributed by atoms with E-state index in [4.69, 9.17) is 5.11 Å². The first-order chi connectivity index (χ1) is 8.74. The minimum absolute atomic E-state index is 0.386. The van der Waals surface area contributed by atoms with Gasteiger partial charge in [-0.3, -0.25) is 9.59 Å². The van der Waals surface area contributed by atoms with Crippen LogP contribution in [0.3, 0.4) is 0 Å². The van der Waals surface area contributed by atoms with Gasteiger partial charge in [-0.05, 0) is 6.92 Å². The van der Waals surface area contributed by atoms with Crippen LogP contribution in [0.4, 0.5) is 13.2 Å². The Bertz CT molecular complexity index is 511. The van der Waals surface area contributed by atoms with E-state index in [1.807, 2.05) is 0 Å². The van der Waals surface area contributed by atoms with Crippen molar-refractivity contribution in [2.75, 3.05) is 19.7 Å². The molecule has 1 amide bonds. The lowest BCUT2D eigenvalue weighted by molar-refractivity contribution is -0.141. The van der Waals surface area contributed by atoms with E-state index in [-0.39, 0.29) is 5.56 Å². The van der Waals surface area contributed by atoms with Gasteiger partial charge in [0.1, 0.15) is 12.1 Å². The summed E-state index contributed by atoms with van der Waals surface area (Å²) in [6.45, 7) is -1.05. The molecule has 1 aromatic heterocycles. The van der Waals surface area contributed by atoms with Gasteiger partial charge in [0.25, 0.3) is 5.91 Å². The first kappa shape index (κ1) is 15.2. The van der Waals surface area contributed by atoms with Gasteiger partial charge in [0.15, 0.2) is 5.43 Å². The molecular weight excluding hydrogens is 265 g/mol. The molecule has 0 radical (unpaired) electrons. The van der Waals surface area contributed by atoms with Crippen LogP contribution in [0, 0.1) is 6.92 Å². The molecule has 2 N–H and O–H groups in total. The maximum absolute atomic E-state index is 12.3. The number of amides is 1. The van der Waals surface area contributed by atoms with Crippen molar-refractivity contribution >= 4 is 5.91 Å². The van der Waals surface area contributed by atoms with E-state index in [0.29, 0.717) is 10.6 Å². The molecular formula is C11H13F3N2O3. The molecule has 1 heterocycles. The van der Waals surface area contributed by atoms with Crippen molar-refractivity contribution in [1.82, 2.24) is 9.88 Å². The topological polar surface area (TPSA) is 73.4 Å². The third-order valence-corrected chi connectivity index (χ3v) is 2.31. The normalized spacial score (nSPS) is 11.4. The van der Waals surface area contributed by atoms with E-state index in [2.05, 4.69) is 4.98 Å². The number of hydrogen-bond donors (Lipinski definition) is 2. The Kier molecular flexibility index (Phi) is 4.71. The van der Waals surface area contributed by atoms with Gasteiger partial charge in [0, 0.05) is 24.5 Å². The molecule has 0 unspecified atom stereocenters. The number of nitrogens with one attached hydrogen (secondary N) is 1. The van der Waals surface area contributed by atoms with Gasteiger partial charge in [-0.25, -0.2) is 0 Å². The molecule has 106 valence electrons. The number of pyridine rings is 1. The lowest BCUT2D eigenvalue weighted by Crippen LogP contribution is -2.42. The summed E-state index contributed by atoms with van der Waals surface area (Å²) in [6.07, 6.45) is -3.52. The zero-order valence-electron chi connectivity index (χ0n) is 10.1. The van der Waals surface area contributed by atoms with Gasteiger partial charge in [0.05, 0.1) is 6.61 Å². The third kappa shape index (κ3) is 4.40. The molecule has 0 fully saturated rings. The van der Waals surface area contributed by atoms with Crippen LogP contribution >= 0.6 is 0 Å². The Morgan fingerprint density at radius 2 is 2.11 bits per heavy atom. The van der Waals surface area contributed by atoms with Crippen molar-refractivity contribution in [2.45, 2.75) is 13.1 Å². The molecule has 8 heteroatoms. The van der Waals surface area contributed by atoms with Gasteiger partial charge in [-0.15, -0.1) is 0 Å². The molecule has 1 aromatic rings. The Labute approximate surface area is 106 Å². The summed E-state index contributed by atoms with van der Waals surface area (Å²) in [6, 6.07) is 1.12. The van der Waals surface area contributed by atoms with Crippen molar-refractivity contribution in [3.63, 3.8) is 0 Å². The summed E-state index contributed by atoms with van der Waals surface area (Å²) in [5, 5.41) is 8.70. The van der Waals surface area contributed by atoms with Crippen LogP contribution in [0.1, 0.15) is 16.1 Å². The van der Waals surface area contributed by atoms with E-state index in [0.717, 1.165) is 12.3 Å². The molecule has 0 atom stereocenters. The zero-order chi connectivity index (χ0) is 14.6. The first-order valence-corrected chi connectivity index (χ1v) is 5.41. The molecule has 0 saturated carbocycles. The monoisotopic (exact) mass is 278 g/mol. The van der Waals surface area contributed by atoms with E-state index < -0.39 is 37.2 Å². The molecule has 0 saturated heterocycles. The van der Waals surface area contributed by atoms with E-state index in [1.165, 1.54) is 0 Å². The van der Waals surface area contributed by atoms with Gasteiger partial charge >= 0.3 is 6.18 Å². The fraction of sp³-hybridized carbons (Fsp3) is 0.455. The van der Waals surface area contributed by atoms with Crippen LogP contribution < -0.4 is 5.43 Å². The number of alkyl halides is 3. The lowest BCUT2D eigenvalue weighted by Gasteiger charge is -2.22. The average Bonchev–Trinajstić information content (AvgIpc) is 2.26. The van der Waals surface area contributed by atoms with Gasteiger partial charge in [-0.2, -0.15) is 13.2 Å². The number of halogens is 3. The second-order valence-electron chi connectivity index (χ2n) is 3.96. The number of hydrogen-bond acceptors (Lipinski definition) is 3. The van der Waals surface area contributed by atoms with E-state index >= 15 is 0 Å². The number of carbonyl (C=O) groups excluding carboxylic acids is 1. The second-order valence-corrected chi connectivity index (χ2v) is 3.96. The fourth-order valence-corrected chi connectivity index (χ4v) is 1.50. The highest BCUT2D eigenvalue weighted by Gasteiger charge is 2.33. The number of aromatic nitrogens is 1. The lowest BCUT2D eigenvalue weighted by atomic mass is 10.2. The van der Waals surface area contributed by atoms with E-state index in [9.17, 15) is 22.8 Å². The molecule has 0 aliphatic rings. The predicted octanol–water partition coefficient (Wildman–Crippen LogP) is 0.680. The van der Waals surface area contributed by atoms with E-state index in [1.54, 1.807) is 6.92 Å². The number of H-pyrrole nitrogens is 1. The number of rotatable bonds is 4. The largest absolute Gasteiger partial charge is 0.406 e. The Morgan fingerprint density at radius 3 is 2.58 bits per heavy atom. The molecule has 5 nitrogen and oxygen atoms in total. The van der Waals surface area contributed by atoms with Crippen LogP contribution in [-0.2, 0) is 0 Å². The van der Waals surface area contributed by atoms with Crippen LogP contribution in [0.25, 0.3) is 0 Å². The van der Waals surface area contributed by atoms with Crippen LogP contribution in [0.5, 0.6) is 0 Å². The molecule has 0 spiro atoms. The Morgan fingerprint density at radius 1 is 1.47 bits per heavy atom. The van der Waals surface area contributed by atoms with Crippen molar-refractivity contribution in [3.8, 4) is 0 Å². The second kappa shape index (κ2) is 5.87. The molecule has 0 aromatic carbocycles. The van der Waals surface area contributed by atoms with Crippen molar-refractivity contribution < 1.29 is 23.1 Å². The third-order valence-electron chi connectivity index (χ3n) is 2.31. The number of nitrogens with zero attached hydrogens (tertiary/aromatic N) is 1. The van der Waals surface area contributed by atoms with Crippen molar-refractivity contribution in [3.05, 3.63) is 33.7 Å². The van der Waals surface area contributed by atoms with Crippen LogP contribution in [0.15, 0.2) is 17.1 Å². The summed E-state index contributed by atoms with van der Waals surface area (Å²) < 4.78 is 36.9. The molecule has 0 aliphatic heterocycles. The molecule has 0 bridgehead atoms. The number of aryl methyl sites for hydroxylation is 1. The average molecular weight is 278 g/mol. The minimum Gasteiger partial charge on any atom is -0.395 e. The molecule has 0 aliphatic carbocycles. The highest BCUT2D eigenvalue weighted by molar-refractivity contribution is 5.93. The molecule has 19 heavy (non-hydrogen) atoms. The summed E-state index contributed by atoms with van der Waals surface area (Å²) >= 11 is 0. The summed E-state index contributed by atoms with van der Waals surface area (Å²) in [7, 11) is 0. The summed E-state index contributed by atoms with van der Waals surface area (Å²) in [5.74, 6) is -1.06. The van der Waals surface area contributed by atoms with Crippen molar-refractivity contribution in [2.24, 2.45) is 0 Å². The first-order valence-electron chi connectivity index (χ1n) is 5.41. The SMILES string of the molecule is Cc1cc(=O)c(C(=O)N(CCO)CC(F)(F)F)c[nH]1. The van der Waals surface area contributed by atoms with Crippen molar-refractivity contribution in [1.29, 1.82) is 0 Å². The smallest absolute Gasteiger partial charge is 0.395 e. The van der Waals surface area contributed by atoms with Gasteiger partial charge < -0.3 is 15.0 Å². The summed E-state index contributed by atoms with van der Waals surface area (Å²) in [4.78, 5) is 26.4. The zero-order valence-corrected chi connectivity index (χ0v) is 10.1. The molecule has 1 rings (SSSR count). The number of aliphatic hydroxyl groups excluding tert-OH is 1. The Balaban J connectivity index is 3.02. The number of aliphatic hydroxyl groups is 1. The van der Waals surface area contributed by atoms with Crippen LogP contribution in [0.2, 0.25) is 0 Å². The minimum atomic E-state index is -4.59. The maximum atomic E-state index is 12.3. The Hall–Kier alpha value is -1.83. The standard InChI is InChI=1S/C11H13F3N2O3/c1-7-4-9(18)8(5-15-7)10(19)16(2-3-17)6-11(12,13)14/h4-5,17H,2-3,6H2,1H3,(H,15,18). The quantitative estimate of drug-likeness (QED) is 0.850. The number of aromatic amines is 1. The van der Waals surface area contributed by atoms with Gasteiger partial charge in [0.2, 0.25) is 0 Å². The van der Waals surface area contributed by atoms with Gasteiger partial charge in [-0.1, -0.05) is 0 Å². The summed E-state index contributed by atoms with van der Waals surface area (Å²) in [5.41, 5.74) is -0.555.